The summed E-state index contributed by atoms with van der Waals surface area (Å²) in [5, 5.41) is 0. The first-order chi connectivity index (χ1) is 12.8. The normalized spacial score (nSPS) is 11.4. The summed E-state index contributed by atoms with van der Waals surface area (Å²) in [4.78, 5) is 18.6. The lowest BCUT2D eigenvalue weighted by atomic mass is 10.2. The highest BCUT2D eigenvalue weighted by Crippen LogP contribution is 2.20. The molecule has 7 nitrogen and oxygen atoms in total. The molecule has 0 radical (unpaired) electrons. The lowest BCUT2D eigenvalue weighted by Gasteiger charge is -2.10. The Bertz CT molecular complexity index is 1070. The minimum absolute atomic E-state index is 0.0249. The van der Waals surface area contributed by atoms with E-state index in [9.17, 15) is 13.2 Å². The highest BCUT2D eigenvalue weighted by molar-refractivity contribution is 7.89. The first-order valence-electron chi connectivity index (χ1n) is 8.29. The molecule has 0 aliphatic heterocycles. The zero-order valence-corrected chi connectivity index (χ0v) is 16.0. The third-order valence-electron chi connectivity index (χ3n) is 4.18. The van der Waals surface area contributed by atoms with Crippen LogP contribution in [-0.4, -0.2) is 23.9 Å². The predicted molar refractivity (Wildman–Crippen MR) is 102 cm³/mol. The number of carbonyl (C=O) groups is 1. The van der Waals surface area contributed by atoms with Gasteiger partial charge in [0.05, 0.1) is 5.56 Å². The van der Waals surface area contributed by atoms with E-state index in [1.165, 1.54) is 12.3 Å². The van der Waals surface area contributed by atoms with Crippen molar-refractivity contribution in [1.82, 2.24) is 19.8 Å². The molecule has 27 heavy (non-hydrogen) atoms. The standard InChI is InChI=1S/C19H20N4O3S/c1-13-9-10-17(12-20-13)27(25,26)22-21-19(24)18-11-14(2)23(15(18)3)16-7-5-4-6-8-16/h4-12,22H,1-3H3,(H,21,24). The van der Waals surface area contributed by atoms with Gasteiger partial charge in [-0.2, -0.15) is 0 Å². The Morgan fingerprint density at radius 3 is 2.37 bits per heavy atom. The molecular formula is C19H20N4O3S. The zero-order chi connectivity index (χ0) is 19.6. The topological polar surface area (TPSA) is 93.1 Å². The molecule has 1 aromatic carbocycles. The Hall–Kier alpha value is -2.97. The lowest BCUT2D eigenvalue weighted by Crippen LogP contribution is -2.41. The molecule has 3 aromatic rings. The molecule has 2 aromatic heterocycles. The second-order valence-electron chi connectivity index (χ2n) is 6.15. The number of hydrogen-bond acceptors (Lipinski definition) is 4. The van der Waals surface area contributed by atoms with Crippen molar-refractivity contribution < 1.29 is 13.2 Å². The van der Waals surface area contributed by atoms with Crippen LogP contribution in [0.1, 0.15) is 27.4 Å². The third-order valence-corrected chi connectivity index (χ3v) is 5.42. The van der Waals surface area contributed by atoms with E-state index in [2.05, 4.69) is 15.2 Å². The fourth-order valence-corrected chi connectivity index (χ4v) is 3.60. The number of para-hydroxylation sites is 1. The third kappa shape index (κ3) is 3.91. The maximum atomic E-state index is 12.5. The average molecular weight is 384 g/mol. The van der Waals surface area contributed by atoms with E-state index in [1.54, 1.807) is 19.1 Å². The molecule has 0 unspecified atom stereocenters. The number of nitrogens with zero attached hydrogens (tertiary/aromatic N) is 2. The van der Waals surface area contributed by atoms with Gasteiger partial charge in [0.2, 0.25) is 0 Å². The lowest BCUT2D eigenvalue weighted by molar-refractivity contribution is 0.0944. The minimum Gasteiger partial charge on any atom is -0.318 e. The van der Waals surface area contributed by atoms with Crippen molar-refractivity contribution in [1.29, 1.82) is 0 Å². The highest BCUT2D eigenvalue weighted by atomic mass is 32.2. The van der Waals surface area contributed by atoms with Gasteiger partial charge in [-0.1, -0.05) is 18.2 Å². The van der Waals surface area contributed by atoms with Gasteiger partial charge >= 0.3 is 0 Å². The molecule has 0 atom stereocenters. The van der Waals surface area contributed by atoms with Crippen LogP contribution in [0.15, 0.2) is 59.6 Å². The number of aromatic nitrogens is 2. The molecule has 0 fully saturated rings. The van der Waals surface area contributed by atoms with Gasteiger partial charge < -0.3 is 4.57 Å². The molecule has 0 bridgehead atoms. The van der Waals surface area contributed by atoms with Crippen LogP contribution >= 0.6 is 0 Å². The van der Waals surface area contributed by atoms with E-state index in [1.807, 2.05) is 48.7 Å². The zero-order valence-electron chi connectivity index (χ0n) is 15.2. The first-order valence-corrected chi connectivity index (χ1v) is 9.77. The van der Waals surface area contributed by atoms with Crippen LogP contribution < -0.4 is 10.3 Å². The summed E-state index contributed by atoms with van der Waals surface area (Å²) in [6.07, 6.45) is 1.24. The number of aryl methyl sites for hydroxylation is 2. The molecule has 2 N–H and O–H groups in total. The summed E-state index contributed by atoms with van der Waals surface area (Å²) in [5.41, 5.74) is 5.87. The largest absolute Gasteiger partial charge is 0.318 e. The number of hydrogen-bond donors (Lipinski definition) is 2. The molecule has 0 saturated heterocycles. The Morgan fingerprint density at radius 1 is 1.04 bits per heavy atom. The number of amides is 1. The van der Waals surface area contributed by atoms with E-state index in [4.69, 9.17) is 0 Å². The van der Waals surface area contributed by atoms with Crippen LogP contribution in [0, 0.1) is 20.8 Å². The maximum Gasteiger partial charge on any atom is 0.268 e. The fraction of sp³-hybridized carbons (Fsp3) is 0.158. The maximum absolute atomic E-state index is 12.5. The molecule has 0 aliphatic rings. The molecule has 0 aliphatic carbocycles. The van der Waals surface area contributed by atoms with E-state index < -0.39 is 15.9 Å². The van der Waals surface area contributed by atoms with Gasteiger partial charge in [-0.25, -0.2) is 8.42 Å². The van der Waals surface area contributed by atoms with Gasteiger partial charge in [-0.15, -0.1) is 4.83 Å². The van der Waals surface area contributed by atoms with Crippen LogP contribution in [-0.2, 0) is 10.0 Å². The van der Waals surface area contributed by atoms with Crippen molar-refractivity contribution in [3.05, 3.63) is 77.4 Å². The predicted octanol–water partition coefficient (Wildman–Crippen LogP) is 2.42. The number of hydrazine groups is 1. The number of sulfonamides is 1. The van der Waals surface area contributed by atoms with Crippen molar-refractivity contribution in [2.45, 2.75) is 25.7 Å². The number of benzene rings is 1. The van der Waals surface area contributed by atoms with Gasteiger partial charge in [0.25, 0.3) is 15.9 Å². The highest BCUT2D eigenvalue weighted by Gasteiger charge is 2.20. The van der Waals surface area contributed by atoms with Crippen molar-refractivity contribution in [3.8, 4) is 5.69 Å². The summed E-state index contributed by atoms with van der Waals surface area (Å²) in [5.74, 6) is -0.533. The Labute approximate surface area is 158 Å². The number of rotatable bonds is 5. The van der Waals surface area contributed by atoms with Crippen molar-refractivity contribution in [2.75, 3.05) is 0 Å². The second kappa shape index (κ2) is 7.34. The Morgan fingerprint density at radius 2 is 1.74 bits per heavy atom. The summed E-state index contributed by atoms with van der Waals surface area (Å²) in [6, 6.07) is 14.4. The number of carbonyl (C=O) groups excluding carboxylic acids is 1. The van der Waals surface area contributed by atoms with Gasteiger partial charge in [-0.3, -0.25) is 15.2 Å². The molecule has 0 spiro atoms. The second-order valence-corrected chi connectivity index (χ2v) is 7.83. The van der Waals surface area contributed by atoms with Crippen molar-refractivity contribution in [2.24, 2.45) is 0 Å². The van der Waals surface area contributed by atoms with Gasteiger partial charge in [0, 0.05) is 29.0 Å². The van der Waals surface area contributed by atoms with Crippen LogP contribution in [0.5, 0.6) is 0 Å². The monoisotopic (exact) mass is 384 g/mol. The molecule has 3 rings (SSSR count). The van der Waals surface area contributed by atoms with E-state index in [0.717, 1.165) is 11.4 Å². The Balaban J connectivity index is 1.80. The molecule has 0 saturated carbocycles. The first kappa shape index (κ1) is 18.8. The summed E-state index contributed by atoms with van der Waals surface area (Å²) in [7, 11) is -3.90. The van der Waals surface area contributed by atoms with E-state index in [-0.39, 0.29) is 4.90 Å². The van der Waals surface area contributed by atoms with Gasteiger partial charge in [-0.05, 0) is 51.1 Å². The molecule has 1 amide bonds. The molecule has 2 heterocycles. The molecule has 8 heteroatoms. The SMILES string of the molecule is Cc1ccc(S(=O)(=O)NNC(=O)c2cc(C)n(-c3ccccc3)c2C)cn1. The van der Waals surface area contributed by atoms with E-state index >= 15 is 0 Å². The summed E-state index contributed by atoms with van der Waals surface area (Å²) < 4.78 is 26.5. The van der Waals surface area contributed by atoms with Gasteiger partial charge in [0.15, 0.2) is 0 Å². The molecular weight excluding hydrogens is 364 g/mol. The van der Waals surface area contributed by atoms with Crippen LogP contribution in [0.2, 0.25) is 0 Å². The number of nitrogens with one attached hydrogen (secondary N) is 2. The molecule has 140 valence electrons. The summed E-state index contributed by atoms with van der Waals surface area (Å²) in [6.45, 7) is 5.46. The van der Waals surface area contributed by atoms with Crippen molar-refractivity contribution >= 4 is 15.9 Å². The minimum atomic E-state index is -3.90. The number of pyridine rings is 1. The fourth-order valence-electron chi connectivity index (χ4n) is 2.82. The van der Waals surface area contributed by atoms with Gasteiger partial charge in [0.1, 0.15) is 4.90 Å². The average Bonchev–Trinajstić information content (AvgIpc) is 2.95. The van der Waals surface area contributed by atoms with Crippen LogP contribution in [0.4, 0.5) is 0 Å². The van der Waals surface area contributed by atoms with Crippen LogP contribution in [0.25, 0.3) is 5.69 Å². The summed E-state index contributed by atoms with van der Waals surface area (Å²) >= 11 is 0. The van der Waals surface area contributed by atoms with E-state index in [0.29, 0.717) is 17.0 Å². The smallest absolute Gasteiger partial charge is 0.268 e. The quantitative estimate of drug-likeness (QED) is 0.661. The van der Waals surface area contributed by atoms with Crippen LogP contribution in [0.3, 0.4) is 0 Å². The Kier molecular flexibility index (Phi) is 5.11. The van der Waals surface area contributed by atoms with Crippen molar-refractivity contribution in [3.63, 3.8) is 0 Å².